The number of methoxy groups -OCH3 is 2. The molecule has 6 nitrogen and oxygen atoms in total. The zero-order valence-corrected chi connectivity index (χ0v) is 19.6. The first-order valence-electron chi connectivity index (χ1n) is 10.9. The van der Waals surface area contributed by atoms with Crippen molar-refractivity contribution in [2.24, 2.45) is 0 Å². The number of aromatic nitrogens is 1. The summed E-state index contributed by atoms with van der Waals surface area (Å²) in [5.41, 5.74) is 4.51. The molecule has 0 radical (unpaired) electrons. The van der Waals surface area contributed by atoms with Crippen LogP contribution in [0, 0.1) is 0 Å². The largest absolute Gasteiger partial charge is 0.493 e. The van der Waals surface area contributed by atoms with E-state index in [4.69, 9.17) is 21.1 Å². The van der Waals surface area contributed by atoms with E-state index in [0.717, 1.165) is 22.5 Å². The number of hydrogen-bond acceptors (Lipinski definition) is 3. The summed E-state index contributed by atoms with van der Waals surface area (Å²) in [4.78, 5) is 15.6. The minimum atomic E-state index is -0.392. The van der Waals surface area contributed by atoms with E-state index in [2.05, 4.69) is 16.0 Å². The molecule has 0 spiro atoms. The number of amides is 2. The summed E-state index contributed by atoms with van der Waals surface area (Å²) in [6.07, 6.45) is 2.02. The Bertz CT molecular complexity index is 1350. The predicted molar refractivity (Wildman–Crippen MR) is 133 cm³/mol. The van der Waals surface area contributed by atoms with Gasteiger partial charge in [0.05, 0.1) is 32.1 Å². The SMILES string of the molecule is COc1ccc(NC(=O)N2Cc3ccccc3-n3cccc3[C@H]2c2ccccc2Cl)cc1OC. The molecule has 7 heteroatoms. The van der Waals surface area contributed by atoms with Gasteiger partial charge in [-0.25, -0.2) is 4.79 Å². The number of anilines is 1. The second kappa shape index (κ2) is 9.15. The maximum atomic E-state index is 13.8. The Morgan fingerprint density at radius 3 is 2.50 bits per heavy atom. The van der Waals surface area contributed by atoms with Crippen LogP contribution in [0.3, 0.4) is 0 Å². The van der Waals surface area contributed by atoms with Crippen molar-refractivity contribution in [2.45, 2.75) is 12.6 Å². The molecule has 1 atom stereocenters. The number of nitrogens with zero attached hydrogens (tertiary/aromatic N) is 2. The molecule has 2 heterocycles. The molecule has 0 aliphatic carbocycles. The van der Waals surface area contributed by atoms with Crippen LogP contribution in [-0.4, -0.2) is 29.7 Å². The van der Waals surface area contributed by atoms with E-state index in [-0.39, 0.29) is 6.03 Å². The maximum absolute atomic E-state index is 13.8. The first-order chi connectivity index (χ1) is 16.6. The highest BCUT2D eigenvalue weighted by Crippen LogP contribution is 2.39. The topological polar surface area (TPSA) is 55.7 Å². The van der Waals surface area contributed by atoms with Gasteiger partial charge in [0.15, 0.2) is 11.5 Å². The molecule has 5 rings (SSSR count). The summed E-state index contributed by atoms with van der Waals surface area (Å²) in [5, 5.41) is 3.64. The fraction of sp³-hybridized carbons (Fsp3) is 0.148. The Labute approximate surface area is 203 Å². The van der Waals surface area contributed by atoms with E-state index in [0.29, 0.717) is 28.8 Å². The Kier molecular flexibility index (Phi) is 5.90. The van der Waals surface area contributed by atoms with Crippen molar-refractivity contribution < 1.29 is 14.3 Å². The van der Waals surface area contributed by atoms with Gasteiger partial charge in [-0.3, -0.25) is 0 Å². The van der Waals surface area contributed by atoms with Gasteiger partial charge in [0.2, 0.25) is 0 Å². The second-order valence-corrected chi connectivity index (χ2v) is 8.39. The first kappa shape index (κ1) is 21.9. The van der Waals surface area contributed by atoms with Gasteiger partial charge in [-0.05, 0) is 47.5 Å². The molecule has 0 unspecified atom stereocenters. The third-order valence-electron chi connectivity index (χ3n) is 6.06. The van der Waals surface area contributed by atoms with E-state index in [1.165, 1.54) is 0 Å². The Balaban J connectivity index is 1.60. The van der Waals surface area contributed by atoms with E-state index in [1.54, 1.807) is 32.4 Å². The van der Waals surface area contributed by atoms with Crippen molar-refractivity contribution in [3.63, 3.8) is 0 Å². The van der Waals surface area contributed by atoms with E-state index >= 15 is 0 Å². The van der Waals surface area contributed by atoms with Crippen molar-refractivity contribution in [2.75, 3.05) is 19.5 Å². The molecule has 2 amide bonds. The smallest absolute Gasteiger partial charge is 0.322 e. The summed E-state index contributed by atoms with van der Waals surface area (Å²) >= 11 is 6.66. The highest BCUT2D eigenvalue weighted by atomic mass is 35.5. The number of ether oxygens (including phenoxy) is 2. The van der Waals surface area contributed by atoms with Gasteiger partial charge in [0, 0.05) is 23.0 Å². The third-order valence-corrected chi connectivity index (χ3v) is 6.40. The normalized spacial score (nSPS) is 14.6. The molecule has 3 aromatic carbocycles. The molecular weight excluding hydrogens is 450 g/mol. The number of benzene rings is 3. The second-order valence-electron chi connectivity index (χ2n) is 7.98. The molecule has 1 aliphatic heterocycles. The number of nitrogens with one attached hydrogen (secondary N) is 1. The minimum Gasteiger partial charge on any atom is -0.493 e. The molecule has 1 N–H and O–H groups in total. The number of para-hydroxylation sites is 1. The number of carbonyl (C=O) groups excluding carboxylic acids is 1. The number of hydrogen-bond donors (Lipinski definition) is 1. The van der Waals surface area contributed by atoms with Gasteiger partial charge in [-0.15, -0.1) is 0 Å². The molecule has 0 bridgehead atoms. The van der Waals surface area contributed by atoms with E-state index in [9.17, 15) is 4.79 Å². The number of rotatable bonds is 4. The van der Waals surface area contributed by atoms with E-state index in [1.807, 2.05) is 65.7 Å². The zero-order chi connectivity index (χ0) is 23.7. The standard InChI is InChI=1S/C27H24ClN3O3/c1-33-24-14-13-19(16-25(24)34-2)29-27(32)31-17-18-8-3-6-11-22(18)30-15-7-12-23(30)26(31)20-9-4-5-10-21(20)28/h3-16,26H,17H2,1-2H3,(H,29,32)/t26-/m1/s1. The number of fused-ring (bicyclic) bond motifs is 3. The Hall–Kier alpha value is -3.90. The van der Waals surface area contributed by atoms with Gasteiger partial charge in [-0.2, -0.15) is 0 Å². The van der Waals surface area contributed by atoms with Crippen LogP contribution in [0.15, 0.2) is 85.1 Å². The lowest BCUT2D eigenvalue weighted by Crippen LogP contribution is -2.38. The number of carbonyl (C=O) groups is 1. The van der Waals surface area contributed by atoms with Crippen molar-refractivity contribution >= 4 is 23.3 Å². The van der Waals surface area contributed by atoms with E-state index < -0.39 is 6.04 Å². The quantitative estimate of drug-likeness (QED) is 0.379. The lowest BCUT2D eigenvalue weighted by molar-refractivity contribution is 0.194. The number of urea groups is 1. The fourth-order valence-electron chi connectivity index (χ4n) is 4.47. The van der Waals surface area contributed by atoms with Crippen LogP contribution < -0.4 is 14.8 Å². The molecule has 4 aromatic rings. The maximum Gasteiger partial charge on any atom is 0.322 e. The van der Waals surface area contributed by atoms with Crippen molar-refractivity contribution in [3.8, 4) is 17.2 Å². The first-order valence-corrected chi connectivity index (χ1v) is 11.3. The third kappa shape index (κ3) is 3.86. The molecule has 1 aliphatic rings. The highest BCUT2D eigenvalue weighted by Gasteiger charge is 2.34. The average molecular weight is 474 g/mol. The molecule has 172 valence electrons. The fourth-order valence-corrected chi connectivity index (χ4v) is 4.71. The van der Waals surface area contributed by atoms with Crippen molar-refractivity contribution in [1.29, 1.82) is 0 Å². The average Bonchev–Trinajstić information content (AvgIpc) is 3.29. The van der Waals surface area contributed by atoms with Crippen molar-refractivity contribution in [1.82, 2.24) is 9.47 Å². The zero-order valence-electron chi connectivity index (χ0n) is 18.9. The summed E-state index contributed by atoms with van der Waals surface area (Å²) in [7, 11) is 3.14. The van der Waals surface area contributed by atoms with Crippen LogP contribution in [0.25, 0.3) is 5.69 Å². The molecule has 0 fully saturated rings. The van der Waals surface area contributed by atoms with Gasteiger partial charge in [0.25, 0.3) is 0 Å². The van der Waals surface area contributed by atoms with Crippen LogP contribution in [0.1, 0.15) is 22.9 Å². The molecule has 34 heavy (non-hydrogen) atoms. The highest BCUT2D eigenvalue weighted by molar-refractivity contribution is 6.31. The summed E-state index contributed by atoms with van der Waals surface area (Å²) in [5.74, 6) is 1.13. The minimum absolute atomic E-state index is 0.249. The molecule has 0 saturated carbocycles. The molecular formula is C27H24ClN3O3. The lowest BCUT2D eigenvalue weighted by Gasteiger charge is -2.31. The van der Waals surface area contributed by atoms with Crippen molar-refractivity contribution in [3.05, 3.63) is 107 Å². The van der Waals surface area contributed by atoms with Crippen LogP contribution in [-0.2, 0) is 6.54 Å². The Morgan fingerprint density at radius 2 is 1.71 bits per heavy atom. The van der Waals surface area contributed by atoms with Crippen LogP contribution in [0.5, 0.6) is 11.5 Å². The van der Waals surface area contributed by atoms with Crippen LogP contribution >= 0.6 is 11.6 Å². The van der Waals surface area contributed by atoms with Gasteiger partial charge < -0.3 is 24.3 Å². The van der Waals surface area contributed by atoms with Gasteiger partial charge in [-0.1, -0.05) is 48.0 Å². The monoisotopic (exact) mass is 473 g/mol. The summed E-state index contributed by atoms with van der Waals surface area (Å²) in [6, 6.07) is 24.5. The van der Waals surface area contributed by atoms with Gasteiger partial charge >= 0.3 is 6.03 Å². The molecule has 0 saturated heterocycles. The summed E-state index contributed by atoms with van der Waals surface area (Å²) < 4.78 is 12.9. The summed E-state index contributed by atoms with van der Waals surface area (Å²) in [6.45, 7) is 0.410. The Morgan fingerprint density at radius 1 is 0.941 bits per heavy atom. The van der Waals surface area contributed by atoms with Crippen LogP contribution in [0.2, 0.25) is 5.02 Å². The predicted octanol–water partition coefficient (Wildman–Crippen LogP) is 6.29. The van der Waals surface area contributed by atoms with Crippen LogP contribution in [0.4, 0.5) is 10.5 Å². The number of halogens is 1. The lowest BCUT2D eigenvalue weighted by atomic mass is 10.0. The molecule has 1 aromatic heterocycles. The van der Waals surface area contributed by atoms with Gasteiger partial charge in [0.1, 0.15) is 6.04 Å².